The van der Waals surface area contributed by atoms with Crippen LogP contribution in [0.25, 0.3) is 0 Å². The zero-order chi connectivity index (χ0) is 12.6. The molecule has 0 aromatic carbocycles. The van der Waals surface area contributed by atoms with Crippen molar-refractivity contribution in [3.63, 3.8) is 0 Å². The fraction of sp³-hybridized carbons (Fsp3) is 0.667. The summed E-state index contributed by atoms with van der Waals surface area (Å²) in [5.74, 6) is 0.474. The molecule has 0 aromatic heterocycles. The van der Waals surface area contributed by atoms with Gasteiger partial charge in [-0.2, -0.15) is 0 Å². The highest BCUT2D eigenvalue weighted by Gasteiger charge is 2.31. The number of hydrogen-bond acceptors (Lipinski definition) is 3. The minimum absolute atomic E-state index is 0.250. The Balaban J connectivity index is 0.000000673. The minimum atomic E-state index is -0.307. The lowest BCUT2D eigenvalue weighted by Gasteiger charge is -2.34. The maximum Gasteiger partial charge on any atom is 0.293 e. The van der Waals surface area contributed by atoms with Crippen LogP contribution in [0.4, 0.5) is 0 Å². The van der Waals surface area contributed by atoms with Crippen molar-refractivity contribution in [2.75, 3.05) is 0 Å². The van der Waals surface area contributed by atoms with Crippen LogP contribution in [0.5, 0.6) is 0 Å². The number of rotatable bonds is 3. The van der Waals surface area contributed by atoms with E-state index in [0.29, 0.717) is 12.4 Å². The molecule has 0 bridgehead atoms. The van der Waals surface area contributed by atoms with E-state index in [2.05, 4.69) is 13.0 Å². The fourth-order valence-electron chi connectivity index (χ4n) is 1.82. The van der Waals surface area contributed by atoms with Gasteiger partial charge in [0.1, 0.15) is 5.60 Å². The summed E-state index contributed by atoms with van der Waals surface area (Å²) in [4.78, 5) is 18.7. The molecule has 0 aromatic rings. The second-order valence-electron chi connectivity index (χ2n) is 4.44. The Morgan fingerprint density at radius 2 is 2.06 bits per heavy atom. The summed E-state index contributed by atoms with van der Waals surface area (Å²) in [5, 5.41) is 6.89. The average Bonchev–Trinajstić information content (AvgIpc) is 2.19. The van der Waals surface area contributed by atoms with Crippen LogP contribution >= 0.6 is 0 Å². The molecule has 0 radical (unpaired) electrons. The van der Waals surface area contributed by atoms with Crippen LogP contribution in [-0.2, 0) is 14.3 Å². The standard InChI is InChI=1S/C11H18O2.CH2O2/c1-9-4-6-10(7-5-9)11(2,3)13-8-12;2-1-3/h4,8,10H,5-7H2,1-3H3;1H,(H,2,3). The molecule has 1 aliphatic rings. The van der Waals surface area contributed by atoms with Crippen molar-refractivity contribution in [3.05, 3.63) is 11.6 Å². The van der Waals surface area contributed by atoms with Gasteiger partial charge >= 0.3 is 0 Å². The minimum Gasteiger partial charge on any atom is -0.483 e. The van der Waals surface area contributed by atoms with Gasteiger partial charge in [-0.1, -0.05) is 11.6 Å². The number of carbonyl (C=O) groups is 2. The van der Waals surface area contributed by atoms with Gasteiger partial charge in [0.15, 0.2) is 0 Å². The highest BCUT2D eigenvalue weighted by molar-refractivity contribution is 5.38. The van der Waals surface area contributed by atoms with E-state index in [-0.39, 0.29) is 12.1 Å². The Morgan fingerprint density at radius 3 is 2.44 bits per heavy atom. The van der Waals surface area contributed by atoms with Gasteiger partial charge in [-0.05, 0) is 40.0 Å². The third-order valence-electron chi connectivity index (χ3n) is 2.97. The molecule has 1 unspecified atom stereocenters. The van der Waals surface area contributed by atoms with Gasteiger partial charge in [-0.3, -0.25) is 9.59 Å². The van der Waals surface area contributed by atoms with Crippen LogP contribution in [0.15, 0.2) is 11.6 Å². The molecule has 4 heteroatoms. The van der Waals surface area contributed by atoms with Crippen molar-refractivity contribution in [2.45, 2.75) is 45.6 Å². The van der Waals surface area contributed by atoms with Crippen LogP contribution in [0, 0.1) is 5.92 Å². The van der Waals surface area contributed by atoms with Crippen LogP contribution in [0.2, 0.25) is 0 Å². The molecule has 16 heavy (non-hydrogen) atoms. The van der Waals surface area contributed by atoms with Gasteiger partial charge in [-0.25, -0.2) is 0 Å². The largest absolute Gasteiger partial charge is 0.483 e. The monoisotopic (exact) mass is 228 g/mol. The van der Waals surface area contributed by atoms with Crippen molar-refractivity contribution in [1.29, 1.82) is 0 Å². The number of allylic oxidation sites excluding steroid dienone is 2. The summed E-state index contributed by atoms with van der Waals surface area (Å²) >= 11 is 0. The predicted octanol–water partition coefficient (Wildman–Crippen LogP) is 2.39. The second-order valence-corrected chi connectivity index (χ2v) is 4.44. The Morgan fingerprint density at radius 1 is 1.50 bits per heavy atom. The summed E-state index contributed by atoms with van der Waals surface area (Å²) in [5.41, 5.74) is 1.15. The van der Waals surface area contributed by atoms with Crippen molar-refractivity contribution in [3.8, 4) is 0 Å². The smallest absolute Gasteiger partial charge is 0.293 e. The van der Waals surface area contributed by atoms with E-state index >= 15 is 0 Å². The molecule has 1 atom stereocenters. The molecule has 0 fully saturated rings. The lowest BCUT2D eigenvalue weighted by atomic mass is 9.80. The summed E-state index contributed by atoms with van der Waals surface area (Å²) in [6.45, 7) is 6.44. The SMILES string of the molecule is CC1=CCC(C(C)(C)OC=O)CC1.O=CO. The number of carboxylic acid groups (broad SMARTS) is 1. The van der Waals surface area contributed by atoms with E-state index in [1.807, 2.05) is 13.8 Å². The van der Waals surface area contributed by atoms with Gasteiger partial charge in [0.2, 0.25) is 0 Å². The van der Waals surface area contributed by atoms with E-state index in [1.54, 1.807) is 0 Å². The second kappa shape index (κ2) is 7.04. The number of ether oxygens (including phenoxy) is 1. The summed E-state index contributed by atoms with van der Waals surface area (Å²) in [6.07, 6.45) is 5.55. The van der Waals surface area contributed by atoms with E-state index in [4.69, 9.17) is 14.6 Å². The zero-order valence-electron chi connectivity index (χ0n) is 10.1. The van der Waals surface area contributed by atoms with Crippen LogP contribution in [0.3, 0.4) is 0 Å². The molecule has 0 amide bonds. The van der Waals surface area contributed by atoms with E-state index in [9.17, 15) is 4.79 Å². The summed E-state index contributed by atoms with van der Waals surface area (Å²) in [6, 6.07) is 0. The average molecular weight is 228 g/mol. The molecular formula is C12H20O4. The zero-order valence-corrected chi connectivity index (χ0v) is 10.1. The first-order chi connectivity index (χ1) is 7.47. The molecule has 1 aliphatic carbocycles. The first-order valence-electron chi connectivity index (χ1n) is 5.33. The third kappa shape index (κ3) is 4.96. The van der Waals surface area contributed by atoms with Gasteiger partial charge in [0.05, 0.1) is 0 Å². The van der Waals surface area contributed by atoms with E-state index < -0.39 is 0 Å². The highest BCUT2D eigenvalue weighted by Crippen LogP contribution is 2.33. The number of carbonyl (C=O) groups excluding carboxylic acids is 1. The summed E-state index contributed by atoms with van der Waals surface area (Å²) < 4.78 is 5.09. The molecule has 1 rings (SSSR count). The van der Waals surface area contributed by atoms with Crippen molar-refractivity contribution in [2.24, 2.45) is 5.92 Å². The van der Waals surface area contributed by atoms with Gasteiger partial charge in [0, 0.05) is 5.92 Å². The summed E-state index contributed by atoms with van der Waals surface area (Å²) in [7, 11) is 0. The van der Waals surface area contributed by atoms with Gasteiger partial charge in [0.25, 0.3) is 12.9 Å². The Bertz CT molecular complexity index is 256. The Hall–Kier alpha value is -1.32. The van der Waals surface area contributed by atoms with Crippen molar-refractivity contribution in [1.82, 2.24) is 0 Å². The maximum absolute atomic E-state index is 10.3. The van der Waals surface area contributed by atoms with Crippen LogP contribution < -0.4 is 0 Å². The first kappa shape index (κ1) is 14.7. The molecule has 0 aliphatic heterocycles. The first-order valence-corrected chi connectivity index (χ1v) is 5.33. The van der Waals surface area contributed by atoms with Crippen LogP contribution in [0.1, 0.15) is 40.0 Å². The molecule has 0 saturated carbocycles. The van der Waals surface area contributed by atoms with Crippen molar-refractivity contribution >= 4 is 12.9 Å². The van der Waals surface area contributed by atoms with Gasteiger partial charge < -0.3 is 9.84 Å². The molecule has 4 nitrogen and oxygen atoms in total. The number of hydrogen-bond donors (Lipinski definition) is 1. The Kier molecular flexibility index (Phi) is 6.46. The normalized spacial score (nSPS) is 19.9. The molecule has 0 saturated heterocycles. The molecule has 0 heterocycles. The van der Waals surface area contributed by atoms with E-state index in [1.165, 1.54) is 5.57 Å². The van der Waals surface area contributed by atoms with E-state index in [0.717, 1.165) is 19.3 Å². The predicted molar refractivity (Wildman–Crippen MR) is 61.0 cm³/mol. The lowest BCUT2D eigenvalue weighted by molar-refractivity contribution is -0.145. The lowest BCUT2D eigenvalue weighted by Crippen LogP contribution is -2.35. The Labute approximate surface area is 96.3 Å². The highest BCUT2D eigenvalue weighted by atomic mass is 16.5. The molecule has 0 spiro atoms. The van der Waals surface area contributed by atoms with Gasteiger partial charge in [-0.15, -0.1) is 0 Å². The third-order valence-corrected chi connectivity index (χ3v) is 2.97. The maximum atomic E-state index is 10.3. The van der Waals surface area contributed by atoms with Crippen molar-refractivity contribution < 1.29 is 19.4 Å². The molecule has 92 valence electrons. The van der Waals surface area contributed by atoms with Crippen LogP contribution in [-0.4, -0.2) is 23.7 Å². The molecule has 1 N–H and O–H groups in total. The fourth-order valence-corrected chi connectivity index (χ4v) is 1.82. The topological polar surface area (TPSA) is 63.6 Å². The molecular weight excluding hydrogens is 208 g/mol. The quantitative estimate of drug-likeness (QED) is 0.595.